The first-order valence-electron chi connectivity index (χ1n) is 8.77. The fraction of sp³-hybridized carbons (Fsp3) is 0.789. The van der Waals surface area contributed by atoms with Gasteiger partial charge in [0.15, 0.2) is 5.78 Å². The van der Waals surface area contributed by atoms with Crippen molar-refractivity contribution in [2.24, 2.45) is 35.0 Å². The van der Waals surface area contributed by atoms with Gasteiger partial charge in [-0.05, 0) is 67.8 Å². The Hall–Kier alpha value is -0.920. The molecule has 0 N–H and O–H groups in total. The zero-order valence-electron chi connectivity index (χ0n) is 13.2. The van der Waals surface area contributed by atoms with Gasteiger partial charge in [0.2, 0.25) is 0 Å². The second-order valence-electron chi connectivity index (χ2n) is 8.28. The zero-order chi connectivity index (χ0) is 14.8. The molecule has 0 amide bonds. The summed E-state index contributed by atoms with van der Waals surface area (Å²) in [6.07, 6.45) is 9.08. The Kier molecular flexibility index (Phi) is 2.96. The van der Waals surface area contributed by atoms with Crippen LogP contribution in [0, 0.1) is 35.0 Å². The molecule has 0 spiro atoms. The zero-order valence-corrected chi connectivity index (χ0v) is 13.2. The van der Waals surface area contributed by atoms with E-state index in [0.29, 0.717) is 35.2 Å². The average Bonchev–Trinajstić information content (AvgIpc) is 2.74. The van der Waals surface area contributed by atoms with E-state index in [9.17, 15) is 9.59 Å². The quantitative estimate of drug-likeness (QED) is 0.676. The van der Waals surface area contributed by atoms with Gasteiger partial charge in [-0.2, -0.15) is 0 Å². The minimum Gasteiger partial charge on any atom is -0.299 e. The van der Waals surface area contributed by atoms with Crippen molar-refractivity contribution in [3.63, 3.8) is 0 Å². The summed E-state index contributed by atoms with van der Waals surface area (Å²) >= 11 is 0. The third-order valence-corrected chi connectivity index (χ3v) is 7.35. The van der Waals surface area contributed by atoms with Crippen LogP contribution in [-0.4, -0.2) is 11.6 Å². The Balaban J connectivity index is 1.70. The predicted molar refractivity (Wildman–Crippen MR) is 81.6 cm³/mol. The Morgan fingerprint density at radius 3 is 2.76 bits per heavy atom. The first-order chi connectivity index (χ1) is 10.0. The molecule has 4 aliphatic carbocycles. The third-order valence-electron chi connectivity index (χ3n) is 7.35. The van der Waals surface area contributed by atoms with E-state index in [4.69, 9.17) is 0 Å². The van der Waals surface area contributed by atoms with Crippen molar-refractivity contribution in [3.8, 4) is 0 Å². The molecule has 0 radical (unpaired) electrons. The summed E-state index contributed by atoms with van der Waals surface area (Å²) in [5.74, 6) is 4.20. The van der Waals surface area contributed by atoms with E-state index in [1.54, 1.807) is 0 Å². The van der Waals surface area contributed by atoms with Crippen LogP contribution in [0.3, 0.4) is 0 Å². The molecule has 2 nitrogen and oxygen atoms in total. The molecule has 6 atom stereocenters. The summed E-state index contributed by atoms with van der Waals surface area (Å²) in [5.41, 5.74) is 1.41. The van der Waals surface area contributed by atoms with Gasteiger partial charge in [0.05, 0.1) is 0 Å². The van der Waals surface area contributed by atoms with Crippen molar-refractivity contribution >= 4 is 11.6 Å². The van der Waals surface area contributed by atoms with E-state index in [1.807, 2.05) is 6.08 Å². The normalized spacial score (nSPS) is 49.2. The number of rotatable bonds is 0. The van der Waals surface area contributed by atoms with Crippen LogP contribution < -0.4 is 0 Å². The van der Waals surface area contributed by atoms with Crippen LogP contribution in [0.1, 0.15) is 58.8 Å². The largest absolute Gasteiger partial charge is 0.299 e. The smallest absolute Gasteiger partial charge is 0.155 e. The number of hydrogen-bond acceptors (Lipinski definition) is 2. The number of hydrogen-bond donors (Lipinski definition) is 0. The van der Waals surface area contributed by atoms with Crippen LogP contribution in [0.5, 0.6) is 0 Å². The maximum Gasteiger partial charge on any atom is 0.155 e. The lowest BCUT2D eigenvalue weighted by atomic mass is 9.50. The molecule has 0 heterocycles. The van der Waals surface area contributed by atoms with Crippen LogP contribution in [0.4, 0.5) is 0 Å². The Morgan fingerprint density at radius 2 is 1.95 bits per heavy atom. The second kappa shape index (κ2) is 4.54. The van der Waals surface area contributed by atoms with Gasteiger partial charge in [-0.3, -0.25) is 9.59 Å². The molecule has 0 aromatic rings. The molecule has 3 fully saturated rings. The number of fused-ring (bicyclic) bond motifs is 5. The van der Waals surface area contributed by atoms with E-state index in [2.05, 4.69) is 13.8 Å². The molecule has 3 saturated carbocycles. The van der Waals surface area contributed by atoms with E-state index >= 15 is 0 Å². The topological polar surface area (TPSA) is 34.1 Å². The highest BCUT2D eigenvalue weighted by Gasteiger charge is 2.57. The number of carbonyl (C=O) groups excluding carboxylic acids is 2. The van der Waals surface area contributed by atoms with Gasteiger partial charge in [0, 0.05) is 18.3 Å². The highest BCUT2D eigenvalue weighted by molar-refractivity contribution is 5.91. The molecule has 0 aromatic heterocycles. The van der Waals surface area contributed by atoms with Crippen LogP contribution in [0.15, 0.2) is 11.6 Å². The number of carbonyl (C=O) groups is 2. The van der Waals surface area contributed by atoms with Gasteiger partial charge < -0.3 is 0 Å². The summed E-state index contributed by atoms with van der Waals surface area (Å²) in [6, 6.07) is 0. The Labute approximate surface area is 127 Å². The van der Waals surface area contributed by atoms with Gasteiger partial charge in [0.25, 0.3) is 0 Å². The molecule has 0 aromatic carbocycles. The first-order valence-corrected chi connectivity index (χ1v) is 8.77. The summed E-state index contributed by atoms with van der Waals surface area (Å²) in [6.45, 7) is 4.61. The molecular weight excluding hydrogens is 260 g/mol. The average molecular weight is 286 g/mol. The van der Waals surface area contributed by atoms with Gasteiger partial charge in [-0.15, -0.1) is 0 Å². The Bertz CT molecular complexity index is 532. The summed E-state index contributed by atoms with van der Waals surface area (Å²) in [4.78, 5) is 24.1. The molecule has 4 rings (SSSR count). The lowest BCUT2D eigenvalue weighted by Crippen LogP contribution is -2.49. The molecule has 0 bridgehead atoms. The van der Waals surface area contributed by atoms with Crippen molar-refractivity contribution in [1.29, 1.82) is 0 Å². The summed E-state index contributed by atoms with van der Waals surface area (Å²) in [5, 5.41) is 0. The summed E-state index contributed by atoms with van der Waals surface area (Å²) in [7, 11) is 0. The highest BCUT2D eigenvalue weighted by Crippen LogP contribution is 2.61. The maximum absolute atomic E-state index is 12.4. The highest BCUT2D eigenvalue weighted by atomic mass is 16.1. The molecular formula is C19H26O2. The maximum atomic E-state index is 12.4. The standard InChI is InChI=1S/C19H26O2/c1-11-9-12-10-13(20)3-4-14(12)15-7-8-19(2)16(18(11)15)5-6-17(19)21/h10-11,14-16,18H,3-9H2,1-2H3/t11?,14-,15+,16-,18+,19-/m0/s1. The third kappa shape index (κ3) is 1.83. The minimum atomic E-state index is -0.0267. The van der Waals surface area contributed by atoms with Crippen molar-refractivity contribution in [1.82, 2.24) is 0 Å². The van der Waals surface area contributed by atoms with Gasteiger partial charge in [-0.1, -0.05) is 19.4 Å². The van der Waals surface area contributed by atoms with E-state index < -0.39 is 0 Å². The number of Topliss-reactive ketones (excluding diaryl/α,β-unsaturated/α-hetero) is 1. The molecule has 1 unspecified atom stereocenters. The molecule has 0 saturated heterocycles. The summed E-state index contributed by atoms with van der Waals surface area (Å²) < 4.78 is 0. The molecule has 21 heavy (non-hydrogen) atoms. The van der Waals surface area contributed by atoms with Crippen molar-refractivity contribution in [2.75, 3.05) is 0 Å². The second-order valence-corrected chi connectivity index (χ2v) is 8.28. The van der Waals surface area contributed by atoms with Crippen molar-refractivity contribution < 1.29 is 9.59 Å². The van der Waals surface area contributed by atoms with E-state index in [-0.39, 0.29) is 5.41 Å². The van der Waals surface area contributed by atoms with E-state index in [0.717, 1.165) is 44.4 Å². The van der Waals surface area contributed by atoms with Crippen LogP contribution in [0.25, 0.3) is 0 Å². The monoisotopic (exact) mass is 286 g/mol. The fourth-order valence-electron chi connectivity index (χ4n) is 6.36. The van der Waals surface area contributed by atoms with Crippen LogP contribution in [-0.2, 0) is 9.59 Å². The van der Waals surface area contributed by atoms with E-state index in [1.165, 1.54) is 12.0 Å². The lowest BCUT2D eigenvalue weighted by molar-refractivity contribution is -0.132. The van der Waals surface area contributed by atoms with Gasteiger partial charge >= 0.3 is 0 Å². The fourth-order valence-corrected chi connectivity index (χ4v) is 6.36. The number of ketones is 2. The minimum absolute atomic E-state index is 0.0267. The van der Waals surface area contributed by atoms with Gasteiger partial charge in [0.1, 0.15) is 5.78 Å². The molecule has 4 aliphatic rings. The SMILES string of the molecule is CC1CC2=CC(=O)CC[C@@H]2[C@H]2CC[C@]3(C)C(=O)CC[C@H]3[C@H]12. The Morgan fingerprint density at radius 1 is 1.14 bits per heavy atom. The van der Waals surface area contributed by atoms with Crippen molar-refractivity contribution in [3.05, 3.63) is 11.6 Å². The predicted octanol–water partition coefficient (Wildman–Crippen LogP) is 3.94. The van der Waals surface area contributed by atoms with Gasteiger partial charge in [-0.25, -0.2) is 0 Å². The lowest BCUT2D eigenvalue weighted by Gasteiger charge is -2.54. The molecule has 0 aliphatic heterocycles. The van der Waals surface area contributed by atoms with Crippen molar-refractivity contribution in [2.45, 2.75) is 58.8 Å². The van der Waals surface area contributed by atoms with Crippen LogP contribution >= 0.6 is 0 Å². The molecule has 2 heteroatoms. The van der Waals surface area contributed by atoms with Crippen LogP contribution in [0.2, 0.25) is 0 Å². The molecule has 114 valence electrons. The number of allylic oxidation sites excluding steroid dienone is 1. The first kappa shape index (κ1) is 13.7.